The van der Waals surface area contributed by atoms with E-state index in [-0.39, 0.29) is 0 Å². The molecule has 4 N–H and O–H groups in total. The fraction of sp³-hybridized carbons (Fsp3) is 0.538. The van der Waals surface area contributed by atoms with Crippen LogP contribution >= 0.6 is 0 Å². The van der Waals surface area contributed by atoms with Gasteiger partial charge in [-0.15, -0.1) is 0 Å². The third-order valence-electron chi connectivity index (χ3n) is 3.64. The van der Waals surface area contributed by atoms with Crippen molar-refractivity contribution in [2.75, 3.05) is 37.8 Å². The van der Waals surface area contributed by atoms with Gasteiger partial charge in [-0.25, -0.2) is 4.98 Å². The number of hydrogen-bond acceptors (Lipinski definition) is 5. The molecular weight excluding hydrogens is 242 g/mol. The van der Waals surface area contributed by atoms with Crippen LogP contribution < -0.4 is 16.4 Å². The second-order valence-corrected chi connectivity index (χ2v) is 5.20. The fourth-order valence-corrected chi connectivity index (χ4v) is 2.51. The van der Waals surface area contributed by atoms with Crippen molar-refractivity contribution in [3.05, 3.63) is 17.8 Å². The molecule has 19 heavy (non-hydrogen) atoms. The maximum absolute atomic E-state index is 11.5. The van der Waals surface area contributed by atoms with E-state index in [0.717, 1.165) is 31.6 Å². The number of rotatable bonds is 3. The van der Waals surface area contributed by atoms with E-state index in [1.54, 1.807) is 12.3 Å². The van der Waals surface area contributed by atoms with Crippen molar-refractivity contribution < 1.29 is 4.79 Å². The summed E-state index contributed by atoms with van der Waals surface area (Å²) in [6.45, 7) is 1.79. The monoisotopic (exact) mass is 263 g/mol. The van der Waals surface area contributed by atoms with Crippen molar-refractivity contribution in [2.45, 2.75) is 18.9 Å². The largest absolute Gasteiger partial charge is 0.384 e. The minimum atomic E-state index is -0.462. The first kappa shape index (κ1) is 13.6. The minimum absolute atomic E-state index is 0.318. The van der Waals surface area contributed by atoms with E-state index in [2.05, 4.69) is 28.9 Å². The lowest BCUT2D eigenvalue weighted by molar-refractivity contribution is 0.100. The number of carbonyl (C=O) groups excluding carboxylic acids is 1. The third kappa shape index (κ3) is 2.96. The second kappa shape index (κ2) is 5.44. The van der Waals surface area contributed by atoms with Gasteiger partial charge in [-0.1, -0.05) is 0 Å². The predicted molar refractivity (Wildman–Crippen MR) is 76.1 cm³/mol. The SMILES string of the molecule is CN(C)C1CCCN(c2cnc(N)cc2C(N)=O)C1. The molecule has 0 radical (unpaired) electrons. The number of anilines is 2. The van der Waals surface area contributed by atoms with Crippen LogP contribution in [-0.2, 0) is 0 Å². The molecular formula is C13H21N5O. The van der Waals surface area contributed by atoms with Crippen LogP contribution in [0.1, 0.15) is 23.2 Å². The number of nitrogens with two attached hydrogens (primary N) is 2. The smallest absolute Gasteiger partial charge is 0.251 e. The number of nitrogen functional groups attached to an aromatic ring is 1. The lowest BCUT2D eigenvalue weighted by atomic mass is 10.0. The van der Waals surface area contributed by atoms with E-state index in [4.69, 9.17) is 11.5 Å². The number of primary amides is 1. The molecule has 1 amide bonds. The molecule has 1 fully saturated rings. The Balaban J connectivity index is 2.28. The fourth-order valence-electron chi connectivity index (χ4n) is 2.51. The Kier molecular flexibility index (Phi) is 3.90. The summed E-state index contributed by atoms with van der Waals surface area (Å²) in [4.78, 5) is 20.0. The van der Waals surface area contributed by atoms with E-state index < -0.39 is 5.91 Å². The van der Waals surface area contributed by atoms with Gasteiger partial charge in [0.05, 0.1) is 17.4 Å². The molecule has 0 aromatic carbocycles. The highest BCUT2D eigenvalue weighted by molar-refractivity contribution is 5.99. The van der Waals surface area contributed by atoms with Crippen LogP contribution in [0.4, 0.5) is 11.5 Å². The predicted octanol–water partition coefficient (Wildman–Crippen LogP) is 0.293. The lowest BCUT2D eigenvalue weighted by Crippen LogP contribution is -2.45. The van der Waals surface area contributed by atoms with Crippen molar-refractivity contribution >= 4 is 17.4 Å². The maximum atomic E-state index is 11.5. The zero-order chi connectivity index (χ0) is 14.0. The Morgan fingerprint density at radius 2 is 2.26 bits per heavy atom. The van der Waals surface area contributed by atoms with Gasteiger partial charge in [0.1, 0.15) is 5.82 Å². The van der Waals surface area contributed by atoms with Gasteiger partial charge in [-0.05, 0) is 33.0 Å². The summed E-state index contributed by atoms with van der Waals surface area (Å²) in [5, 5.41) is 0. The molecule has 1 aliphatic heterocycles. The third-order valence-corrected chi connectivity index (χ3v) is 3.64. The van der Waals surface area contributed by atoms with Crippen LogP contribution in [0.2, 0.25) is 0 Å². The zero-order valence-corrected chi connectivity index (χ0v) is 11.5. The first-order valence-electron chi connectivity index (χ1n) is 6.45. The number of pyridine rings is 1. The number of nitrogens with zero attached hydrogens (tertiary/aromatic N) is 3. The Morgan fingerprint density at radius 1 is 1.53 bits per heavy atom. The molecule has 1 atom stereocenters. The summed E-state index contributed by atoms with van der Waals surface area (Å²) >= 11 is 0. The molecule has 1 aromatic heterocycles. The topological polar surface area (TPSA) is 88.5 Å². The number of aromatic nitrogens is 1. The maximum Gasteiger partial charge on any atom is 0.251 e. The second-order valence-electron chi connectivity index (χ2n) is 5.20. The van der Waals surface area contributed by atoms with E-state index in [1.807, 2.05) is 0 Å². The van der Waals surface area contributed by atoms with Crippen LogP contribution in [0, 0.1) is 0 Å². The van der Waals surface area contributed by atoms with E-state index in [1.165, 1.54) is 0 Å². The van der Waals surface area contributed by atoms with Crippen LogP contribution in [-0.4, -0.2) is 49.0 Å². The Hall–Kier alpha value is -1.82. The van der Waals surface area contributed by atoms with Crippen molar-refractivity contribution in [2.24, 2.45) is 5.73 Å². The molecule has 0 spiro atoms. The number of likely N-dealkylation sites (N-methyl/N-ethyl adjacent to an activating group) is 1. The van der Waals surface area contributed by atoms with Gasteiger partial charge >= 0.3 is 0 Å². The summed E-state index contributed by atoms with van der Waals surface area (Å²) in [6, 6.07) is 2.03. The number of carbonyl (C=O) groups is 1. The molecule has 0 aliphatic carbocycles. The first-order valence-corrected chi connectivity index (χ1v) is 6.45. The molecule has 104 valence electrons. The molecule has 6 nitrogen and oxygen atoms in total. The summed E-state index contributed by atoms with van der Waals surface area (Å²) in [5.74, 6) is -0.144. The van der Waals surface area contributed by atoms with Gasteiger partial charge in [0, 0.05) is 19.1 Å². The van der Waals surface area contributed by atoms with Crippen molar-refractivity contribution in [1.82, 2.24) is 9.88 Å². The summed E-state index contributed by atoms with van der Waals surface area (Å²) in [6.07, 6.45) is 3.90. The Morgan fingerprint density at radius 3 is 2.89 bits per heavy atom. The molecule has 1 saturated heterocycles. The highest BCUT2D eigenvalue weighted by Crippen LogP contribution is 2.25. The van der Waals surface area contributed by atoms with E-state index in [0.29, 0.717) is 17.4 Å². The van der Waals surface area contributed by atoms with Gasteiger partial charge in [0.2, 0.25) is 0 Å². The summed E-state index contributed by atoms with van der Waals surface area (Å²) in [7, 11) is 4.15. The lowest BCUT2D eigenvalue weighted by Gasteiger charge is -2.37. The van der Waals surface area contributed by atoms with Gasteiger partial charge in [-0.3, -0.25) is 4.79 Å². The van der Waals surface area contributed by atoms with Gasteiger partial charge in [-0.2, -0.15) is 0 Å². The normalized spacial score (nSPS) is 19.7. The van der Waals surface area contributed by atoms with Gasteiger partial charge < -0.3 is 21.3 Å². The molecule has 2 rings (SSSR count). The Labute approximate surface area is 113 Å². The average molecular weight is 263 g/mol. The summed E-state index contributed by atoms with van der Waals surface area (Å²) < 4.78 is 0. The van der Waals surface area contributed by atoms with Crippen molar-refractivity contribution in [1.29, 1.82) is 0 Å². The summed E-state index contributed by atoms with van der Waals surface area (Å²) in [5.41, 5.74) is 12.3. The van der Waals surface area contributed by atoms with E-state index in [9.17, 15) is 4.79 Å². The molecule has 1 aromatic rings. The molecule has 1 unspecified atom stereocenters. The average Bonchev–Trinajstić information content (AvgIpc) is 2.38. The zero-order valence-electron chi connectivity index (χ0n) is 11.5. The van der Waals surface area contributed by atoms with Crippen LogP contribution in [0.15, 0.2) is 12.3 Å². The minimum Gasteiger partial charge on any atom is -0.384 e. The quantitative estimate of drug-likeness (QED) is 0.818. The van der Waals surface area contributed by atoms with Crippen LogP contribution in [0.3, 0.4) is 0 Å². The molecule has 0 saturated carbocycles. The van der Waals surface area contributed by atoms with Gasteiger partial charge in [0.25, 0.3) is 5.91 Å². The number of hydrogen-bond donors (Lipinski definition) is 2. The highest BCUT2D eigenvalue weighted by Gasteiger charge is 2.24. The van der Waals surface area contributed by atoms with Crippen molar-refractivity contribution in [3.63, 3.8) is 0 Å². The molecule has 6 heteroatoms. The van der Waals surface area contributed by atoms with Crippen LogP contribution in [0.25, 0.3) is 0 Å². The van der Waals surface area contributed by atoms with Gasteiger partial charge in [0.15, 0.2) is 0 Å². The molecule has 0 bridgehead atoms. The van der Waals surface area contributed by atoms with Crippen molar-refractivity contribution in [3.8, 4) is 0 Å². The highest BCUT2D eigenvalue weighted by atomic mass is 16.1. The van der Waals surface area contributed by atoms with E-state index >= 15 is 0 Å². The molecule has 1 aliphatic rings. The standard InChI is InChI=1S/C13H21N5O/c1-17(2)9-4-3-5-18(8-9)11-7-16-12(14)6-10(11)13(15)19/h6-7,9H,3-5,8H2,1-2H3,(H2,14,16)(H2,15,19). The molecule has 2 heterocycles. The van der Waals surface area contributed by atoms with Crippen LogP contribution in [0.5, 0.6) is 0 Å². The number of amides is 1. The first-order chi connectivity index (χ1) is 8.99. The number of piperidine rings is 1. The Bertz CT molecular complexity index is 474.